The summed E-state index contributed by atoms with van der Waals surface area (Å²) in [5.41, 5.74) is 4.49. The predicted molar refractivity (Wildman–Crippen MR) is 85.7 cm³/mol. The normalized spacial score (nSPS) is 31.0. The molecule has 2 heterocycles. The third-order valence-electron chi connectivity index (χ3n) is 4.79. The fourth-order valence-electron chi connectivity index (χ4n) is 3.36. The average molecular weight is 365 g/mol. The molecule has 0 unspecified atom stereocenters. The standard InChI is InChI=1S/C16H19N3O5S/c1-16(2)11(15(22)23)19-13(21)10(14(19)25(16)24)18-12(20)9(17)8-6-4-3-5-7-8/h3-7,9-11,14H,17H2,1-2H3,(H,18,20)(H,22,23)/t9-,10-,11+,14-,25-/m1/s1. The lowest BCUT2D eigenvalue weighted by molar-refractivity contribution is -0.409. The van der Waals surface area contributed by atoms with Gasteiger partial charge in [-0.05, 0) is 13.8 Å². The first kappa shape index (κ1) is 17.6. The highest BCUT2D eigenvalue weighted by Gasteiger charge is 2.66. The zero-order valence-corrected chi connectivity index (χ0v) is 14.6. The van der Waals surface area contributed by atoms with Crippen LogP contribution in [-0.4, -0.2) is 49.1 Å². The lowest BCUT2D eigenvalue weighted by Crippen LogP contribution is -2.74. The van der Waals surface area contributed by atoms with E-state index in [-0.39, 0.29) is 0 Å². The second-order valence-electron chi connectivity index (χ2n) is 6.71. The number of carbonyl (C=O) groups is 3. The summed E-state index contributed by atoms with van der Waals surface area (Å²) in [5.74, 6) is -2.49. The largest absolute Gasteiger partial charge is 0.548 e. The summed E-state index contributed by atoms with van der Waals surface area (Å²) in [5, 5.41) is 13.1. The fraction of sp³-hybridized carbons (Fsp3) is 0.438. The summed E-state index contributed by atoms with van der Waals surface area (Å²) in [6.45, 7) is 3.03. The number of amides is 2. The number of nitrogens with one attached hydrogen (secondary N) is 1. The number of hydrogen-bond acceptors (Lipinski definition) is 5. The molecule has 5 atom stereocenters. The summed E-state index contributed by atoms with van der Waals surface area (Å²) in [6, 6.07) is 5.83. The van der Waals surface area contributed by atoms with E-state index in [0.29, 0.717) is 5.56 Å². The van der Waals surface area contributed by atoms with E-state index in [1.165, 1.54) is 13.8 Å². The summed E-state index contributed by atoms with van der Waals surface area (Å²) in [4.78, 5) is 37.2. The van der Waals surface area contributed by atoms with Gasteiger partial charge in [0.1, 0.15) is 11.4 Å². The summed E-state index contributed by atoms with van der Waals surface area (Å²) < 4.78 is 11.5. The fourth-order valence-corrected chi connectivity index (χ4v) is 5.28. The number of nitrogens with zero attached hydrogens (tertiary/aromatic N) is 1. The van der Waals surface area contributed by atoms with E-state index in [1.54, 1.807) is 24.3 Å². The van der Waals surface area contributed by atoms with Gasteiger partial charge in [-0.2, -0.15) is 0 Å². The van der Waals surface area contributed by atoms with Gasteiger partial charge in [0, 0.05) is 5.56 Å². The summed E-state index contributed by atoms with van der Waals surface area (Å²) in [6.07, 6.45) is 0. The van der Waals surface area contributed by atoms with Crippen LogP contribution in [0.25, 0.3) is 0 Å². The molecule has 2 aliphatic heterocycles. The number of carbonyl (C=O) groups excluding carboxylic acids is 3. The Morgan fingerprint density at radius 1 is 1.32 bits per heavy atom. The van der Waals surface area contributed by atoms with Gasteiger partial charge in [0.2, 0.25) is 5.91 Å². The van der Waals surface area contributed by atoms with Crippen LogP contribution < -0.4 is 16.2 Å². The molecule has 3 rings (SSSR count). The van der Waals surface area contributed by atoms with Crippen LogP contribution in [0.1, 0.15) is 25.5 Å². The second kappa shape index (κ2) is 5.92. The van der Waals surface area contributed by atoms with Crippen molar-refractivity contribution < 1.29 is 29.4 Å². The van der Waals surface area contributed by atoms with Crippen LogP contribution in [0.2, 0.25) is 0 Å². The minimum atomic E-state index is -1.65. The number of aliphatic carboxylic acids is 1. The predicted octanol–water partition coefficient (Wildman–Crippen LogP) is -2.72. The van der Waals surface area contributed by atoms with Crippen LogP contribution >= 0.6 is 0 Å². The van der Waals surface area contributed by atoms with E-state index < -0.39 is 56.8 Å². The van der Waals surface area contributed by atoms with Crippen LogP contribution in [0.5, 0.6) is 0 Å². The van der Waals surface area contributed by atoms with E-state index in [0.717, 1.165) is 4.90 Å². The minimum Gasteiger partial charge on any atom is -0.548 e. The van der Waals surface area contributed by atoms with Crippen molar-refractivity contribution in [3.63, 3.8) is 0 Å². The molecule has 2 amide bonds. The molecule has 0 radical (unpaired) electrons. The first-order chi connectivity index (χ1) is 11.7. The van der Waals surface area contributed by atoms with Gasteiger partial charge < -0.3 is 25.9 Å². The molecule has 0 aliphatic carbocycles. The molecular formula is C16H19N3O5S. The van der Waals surface area contributed by atoms with E-state index in [2.05, 4.69) is 11.1 Å². The lowest BCUT2D eigenvalue weighted by atomic mass is 9.95. The Bertz CT molecular complexity index is 766. The number of quaternary nitrogens is 1. The number of fused-ring (bicyclic) bond motifs is 1. The zero-order valence-electron chi connectivity index (χ0n) is 13.8. The molecule has 2 fully saturated rings. The van der Waals surface area contributed by atoms with E-state index in [4.69, 9.17) is 0 Å². The van der Waals surface area contributed by atoms with Gasteiger partial charge in [0.05, 0.1) is 27.6 Å². The molecule has 4 N–H and O–H groups in total. The third kappa shape index (κ3) is 2.54. The highest BCUT2D eigenvalue weighted by Crippen LogP contribution is 2.43. The van der Waals surface area contributed by atoms with Crippen LogP contribution in [0.4, 0.5) is 0 Å². The molecule has 134 valence electrons. The topological polar surface area (TPSA) is 134 Å². The van der Waals surface area contributed by atoms with Crippen LogP contribution in [0.15, 0.2) is 30.3 Å². The lowest BCUT2D eigenvalue weighted by Gasteiger charge is -2.44. The number of benzene rings is 1. The average Bonchev–Trinajstić information content (AvgIpc) is 2.77. The maximum Gasteiger partial charge on any atom is 0.283 e. The minimum absolute atomic E-state index is 0.476. The maximum absolute atomic E-state index is 12.6. The Hall–Kier alpha value is -2.26. The van der Waals surface area contributed by atoms with Crippen LogP contribution in [0.3, 0.4) is 0 Å². The Kier molecular flexibility index (Phi) is 4.16. The Labute approximate surface area is 146 Å². The second-order valence-corrected chi connectivity index (χ2v) is 8.84. The number of hydrogen-bond donors (Lipinski definition) is 2. The van der Waals surface area contributed by atoms with E-state index in [9.17, 15) is 23.7 Å². The van der Waals surface area contributed by atoms with Crippen molar-refractivity contribution in [2.24, 2.45) is 0 Å². The van der Waals surface area contributed by atoms with Gasteiger partial charge in [-0.15, -0.1) is 0 Å². The Morgan fingerprint density at radius 2 is 1.92 bits per heavy atom. The van der Waals surface area contributed by atoms with Gasteiger partial charge in [-0.3, -0.25) is 13.8 Å². The smallest absolute Gasteiger partial charge is 0.283 e. The highest BCUT2D eigenvalue weighted by atomic mass is 32.2. The molecule has 2 aliphatic rings. The van der Waals surface area contributed by atoms with Gasteiger partial charge in [-0.1, -0.05) is 30.3 Å². The molecular weight excluding hydrogens is 346 g/mol. The third-order valence-corrected chi connectivity index (χ3v) is 6.99. The van der Waals surface area contributed by atoms with Crippen LogP contribution in [0, 0.1) is 0 Å². The summed E-state index contributed by atoms with van der Waals surface area (Å²) >= 11 is 0. The summed E-state index contributed by atoms with van der Waals surface area (Å²) in [7, 11) is -1.65. The molecule has 1 aromatic rings. The molecule has 9 heteroatoms. The van der Waals surface area contributed by atoms with Crippen molar-refractivity contribution in [3.8, 4) is 0 Å². The number of rotatable bonds is 4. The molecule has 2 saturated heterocycles. The van der Waals surface area contributed by atoms with Gasteiger partial charge >= 0.3 is 0 Å². The number of carboxylic acids is 1. The SMILES string of the molecule is CC1(C)[C@H](C(=O)[O-])N2C(=O)[C@@H](NC(=O)[C@H]([NH3+])c3ccccc3)[C@H]2[S@]1=O. The van der Waals surface area contributed by atoms with Crippen molar-refractivity contribution in [2.45, 2.75) is 42.1 Å². The molecule has 0 spiro atoms. The van der Waals surface area contributed by atoms with E-state index >= 15 is 0 Å². The van der Waals surface area contributed by atoms with Gasteiger partial charge in [0.15, 0.2) is 6.04 Å². The highest BCUT2D eigenvalue weighted by molar-refractivity contribution is 7.87. The first-order valence-corrected chi connectivity index (χ1v) is 9.01. The number of carboxylic acid groups (broad SMARTS) is 1. The van der Waals surface area contributed by atoms with E-state index in [1.807, 2.05) is 6.07 Å². The Morgan fingerprint density at radius 3 is 2.48 bits per heavy atom. The number of β-lactam (4-membered cyclic amide) rings is 1. The van der Waals surface area contributed by atoms with Crippen molar-refractivity contribution >= 4 is 28.6 Å². The first-order valence-electron chi connectivity index (χ1n) is 7.80. The molecule has 0 saturated carbocycles. The molecule has 0 bridgehead atoms. The monoisotopic (exact) mass is 365 g/mol. The molecule has 0 aromatic heterocycles. The van der Waals surface area contributed by atoms with Crippen molar-refractivity contribution in [3.05, 3.63) is 35.9 Å². The maximum atomic E-state index is 12.6. The van der Waals surface area contributed by atoms with Crippen molar-refractivity contribution in [1.29, 1.82) is 0 Å². The molecule has 1 aromatic carbocycles. The van der Waals surface area contributed by atoms with Crippen molar-refractivity contribution in [1.82, 2.24) is 10.2 Å². The van der Waals surface area contributed by atoms with Gasteiger partial charge in [-0.25, -0.2) is 0 Å². The van der Waals surface area contributed by atoms with Gasteiger partial charge in [0.25, 0.3) is 5.91 Å². The van der Waals surface area contributed by atoms with Crippen LogP contribution in [-0.2, 0) is 25.2 Å². The molecule has 25 heavy (non-hydrogen) atoms. The molecule has 8 nitrogen and oxygen atoms in total. The van der Waals surface area contributed by atoms with Crippen molar-refractivity contribution in [2.75, 3.05) is 0 Å². The zero-order chi connectivity index (χ0) is 18.5. The Balaban J connectivity index is 1.78. The quantitative estimate of drug-likeness (QED) is 0.559.